The number of hydrogen-bond donors (Lipinski definition) is 2. The lowest BCUT2D eigenvalue weighted by Gasteiger charge is -2.30. The van der Waals surface area contributed by atoms with Gasteiger partial charge in [0.25, 0.3) is 11.5 Å². The zero-order valence-electron chi connectivity index (χ0n) is 17.6. The van der Waals surface area contributed by atoms with Gasteiger partial charge in [0, 0.05) is 11.6 Å². The van der Waals surface area contributed by atoms with Crippen molar-refractivity contribution in [2.75, 3.05) is 5.75 Å². The number of benzene rings is 1. The summed E-state index contributed by atoms with van der Waals surface area (Å²) < 4.78 is 1.53. The summed E-state index contributed by atoms with van der Waals surface area (Å²) >= 11 is 7.11. The number of imide groups is 1. The van der Waals surface area contributed by atoms with Crippen LogP contribution in [0.25, 0.3) is 10.9 Å². The third-order valence-electron chi connectivity index (χ3n) is 5.77. The predicted molar refractivity (Wildman–Crippen MR) is 121 cm³/mol. The number of carbonyl (C=O) groups is 3. The van der Waals surface area contributed by atoms with Crippen LogP contribution in [0.15, 0.2) is 28.2 Å². The highest BCUT2D eigenvalue weighted by molar-refractivity contribution is 7.99. The zero-order valence-corrected chi connectivity index (χ0v) is 19.2. The standard InChI is InChI=1S/C21H24ClN5O4S/c1-2-10-26-17(29)14-7-6-13(22)11-15(14)23-20(26)32-12-16(28)25-27-18(30)21(24-19(27)31)8-4-3-5-9-21/h6-7,11H,2-5,8-10,12H2,1H3,(H,24,31)(H,25,28). The molecular formula is C21H24ClN5O4S. The molecule has 170 valence electrons. The Bertz CT molecular complexity index is 1140. The van der Waals surface area contributed by atoms with E-state index in [2.05, 4.69) is 15.7 Å². The van der Waals surface area contributed by atoms with Crippen LogP contribution in [-0.2, 0) is 16.1 Å². The van der Waals surface area contributed by atoms with E-state index in [1.807, 2.05) is 6.92 Å². The van der Waals surface area contributed by atoms with E-state index >= 15 is 0 Å². The number of aromatic nitrogens is 2. The number of rotatable bonds is 6. The summed E-state index contributed by atoms with van der Waals surface area (Å²) in [5.41, 5.74) is 1.75. The van der Waals surface area contributed by atoms with E-state index in [4.69, 9.17) is 11.6 Å². The molecule has 9 nitrogen and oxygen atoms in total. The molecule has 1 saturated heterocycles. The van der Waals surface area contributed by atoms with E-state index in [0.29, 0.717) is 46.9 Å². The van der Waals surface area contributed by atoms with Crippen molar-refractivity contribution < 1.29 is 14.4 Å². The minimum atomic E-state index is -0.906. The van der Waals surface area contributed by atoms with Crippen molar-refractivity contribution in [1.82, 2.24) is 25.3 Å². The fourth-order valence-corrected chi connectivity index (χ4v) is 5.19. The molecule has 1 spiro atoms. The molecule has 2 aromatic rings. The third kappa shape index (κ3) is 4.21. The topological polar surface area (TPSA) is 113 Å². The van der Waals surface area contributed by atoms with Crippen LogP contribution < -0.4 is 16.3 Å². The number of hydrazine groups is 1. The molecule has 1 aromatic heterocycles. The van der Waals surface area contributed by atoms with Crippen molar-refractivity contribution in [3.05, 3.63) is 33.6 Å². The molecule has 1 saturated carbocycles. The maximum atomic E-state index is 12.9. The first-order chi connectivity index (χ1) is 15.3. The van der Waals surface area contributed by atoms with Gasteiger partial charge in [0.15, 0.2) is 5.16 Å². The largest absolute Gasteiger partial charge is 0.344 e. The molecule has 2 N–H and O–H groups in total. The quantitative estimate of drug-likeness (QED) is 0.375. The van der Waals surface area contributed by atoms with Gasteiger partial charge in [0.05, 0.1) is 16.7 Å². The average Bonchev–Trinajstić information content (AvgIpc) is 2.98. The fraction of sp³-hybridized carbons (Fsp3) is 0.476. The Labute approximate surface area is 193 Å². The third-order valence-corrected chi connectivity index (χ3v) is 6.98. The second kappa shape index (κ2) is 9.11. The smallest absolute Gasteiger partial charge is 0.322 e. The van der Waals surface area contributed by atoms with Crippen molar-refractivity contribution in [2.24, 2.45) is 0 Å². The maximum Gasteiger partial charge on any atom is 0.344 e. The molecule has 2 heterocycles. The number of amides is 4. The van der Waals surface area contributed by atoms with Crippen molar-refractivity contribution in [3.63, 3.8) is 0 Å². The summed E-state index contributed by atoms with van der Waals surface area (Å²) in [6, 6.07) is 4.27. The van der Waals surface area contributed by atoms with Crippen LogP contribution >= 0.6 is 23.4 Å². The molecule has 4 rings (SSSR count). The predicted octanol–water partition coefficient (Wildman–Crippen LogP) is 2.84. The lowest BCUT2D eigenvalue weighted by molar-refractivity contribution is -0.139. The number of urea groups is 1. The highest BCUT2D eigenvalue weighted by Crippen LogP contribution is 2.33. The Hall–Kier alpha value is -2.59. The Balaban J connectivity index is 1.49. The molecule has 2 aliphatic rings. The van der Waals surface area contributed by atoms with Gasteiger partial charge in [-0.05, 0) is 37.5 Å². The summed E-state index contributed by atoms with van der Waals surface area (Å²) in [5.74, 6) is -1.07. The summed E-state index contributed by atoms with van der Waals surface area (Å²) in [6.45, 7) is 2.39. The van der Waals surface area contributed by atoms with Crippen LogP contribution in [0.3, 0.4) is 0 Å². The Kier molecular flexibility index (Phi) is 6.43. The van der Waals surface area contributed by atoms with Gasteiger partial charge in [-0.25, -0.2) is 9.78 Å². The zero-order chi connectivity index (χ0) is 22.9. The average molecular weight is 478 g/mol. The molecule has 4 amide bonds. The Morgan fingerprint density at radius 1 is 1.25 bits per heavy atom. The fourth-order valence-electron chi connectivity index (χ4n) is 4.21. The Morgan fingerprint density at radius 2 is 2.00 bits per heavy atom. The molecule has 11 heteroatoms. The molecule has 0 atom stereocenters. The molecule has 1 aromatic carbocycles. The molecule has 2 fully saturated rings. The van der Waals surface area contributed by atoms with Gasteiger partial charge < -0.3 is 5.32 Å². The minimum Gasteiger partial charge on any atom is -0.322 e. The van der Waals surface area contributed by atoms with Crippen LogP contribution in [0.1, 0.15) is 45.4 Å². The van der Waals surface area contributed by atoms with Crippen molar-refractivity contribution in [3.8, 4) is 0 Å². The monoisotopic (exact) mass is 477 g/mol. The van der Waals surface area contributed by atoms with Crippen molar-refractivity contribution in [1.29, 1.82) is 0 Å². The van der Waals surface area contributed by atoms with Crippen LogP contribution in [0.5, 0.6) is 0 Å². The first kappa shape index (κ1) is 22.6. The number of nitrogens with zero attached hydrogens (tertiary/aromatic N) is 3. The summed E-state index contributed by atoms with van der Waals surface area (Å²) in [7, 11) is 0. The van der Waals surface area contributed by atoms with Crippen molar-refractivity contribution >= 4 is 52.1 Å². The number of nitrogens with one attached hydrogen (secondary N) is 2. The van der Waals surface area contributed by atoms with Crippen LogP contribution in [0.2, 0.25) is 5.02 Å². The molecular weight excluding hydrogens is 454 g/mol. The number of fused-ring (bicyclic) bond motifs is 1. The second-order valence-electron chi connectivity index (χ2n) is 8.05. The summed E-state index contributed by atoms with van der Waals surface area (Å²) in [4.78, 5) is 55.1. The first-order valence-electron chi connectivity index (χ1n) is 10.6. The normalized spacial score (nSPS) is 17.8. The van der Waals surface area contributed by atoms with Crippen LogP contribution in [0.4, 0.5) is 4.79 Å². The van der Waals surface area contributed by atoms with Gasteiger partial charge >= 0.3 is 6.03 Å². The number of thioether (sulfide) groups is 1. The molecule has 0 unspecified atom stereocenters. The number of hydrogen-bond acceptors (Lipinski definition) is 6. The van der Waals surface area contributed by atoms with Gasteiger partial charge in [0.1, 0.15) is 5.54 Å². The van der Waals surface area contributed by atoms with E-state index in [9.17, 15) is 19.2 Å². The van der Waals surface area contributed by atoms with Gasteiger partial charge in [-0.1, -0.05) is 49.5 Å². The molecule has 0 bridgehead atoms. The minimum absolute atomic E-state index is 0.119. The van der Waals surface area contributed by atoms with E-state index in [-0.39, 0.29) is 11.3 Å². The van der Waals surface area contributed by atoms with E-state index in [1.165, 1.54) is 4.57 Å². The van der Waals surface area contributed by atoms with Crippen molar-refractivity contribution in [2.45, 2.75) is 62.7 Å². The summed E-state index contributed by atoms with van der Waals surface area (Å²) in [6.07, 6.45) is 4.60. The van der Waals surface area contributed by atoms with Crippen LogP contribution in [0, 0.1) is 0 Å². The maximum absolute atomic E-state index is 12.9. The highest BCUT2D eigenvalue weighted by Gasteiger charge is 2.52. The van der Waals surface area contributed by atoms with E-state index in [1.54, 1.807) is 18.2 Å². The highest BCUT2D eigenvalue weighted by atomic mass is 35.5. The van der Waals surface area contributed by atoms with E-state index in [0.717, 1.165) is 36.0 Å². The Morgan fingerprint density at radius 3 is 2.72 bits per heavy atom. The number of carbonyl (C=O) groups excluding carboxylic acids is 3. The summed E-state index contributed by atoms with van der Waals surface area (Å²) in [5, 5.41) is 4.82. The first-order valence-corrected chi connectivity index (χ1v) is 12.0. The van der Waals surface area contributed by atoms with E-state index < -0.39 is 23.4 Å². The molecule has 1 aliphatic heterocycles. The second-order valence-corrected chi connectivity index (χ2v) is 9.43. The van der Waals surface area contributed by atoms with Gasteiger partial charge in [-0.3, -0.25) is 24.4 Å². The molecule has 1 aliphatic carbocycles. The lowest BCUT2D eigenvalue weighted by Crippen LogP contribution is -2.51. The van der Waals surface area contributed by atoms with Gasteiger partial charge in [-0.15, -0.1) is 0 Å². The number of halogens is 1. The van der Waals surface area contributed by atoms with Gasteiger partial charge in [0.2, 0.25) is 5.91 Å². The molecule has 32 heavy (non-hydrogen) atoms. The van der Waals surface area contributed by atoms with Gasteiger partial charge in [-0.2, -0.15) is 5.01 Å². The lowest BCUT2D eigenvalue weighted by atomic mass is 9.82. The molecule has 0 radical (unpaired) electrons. The van der Waals surface area contributed by atoms with Crippen LogP contribution in [-0.4, -0.2) is 43.7 Å². The SMILES string of the molecule is CCCn1c(SCC(=O)NN2C(=O)NC3(CCCCC3)C2=O)nc2cc(Cl)ccc2c1=O.